The van der Waals surface area contributed by atoms with E-state index in [1.54, 1.807) is 12.1 Å². The van der Waals surface area contributed by atoms with E-state index in [4.69, 9.17) is 5.84 Å². The molecule has 0 spiro atoms. The largest absolute Gasteiger partial charge is 0.324 e. The monoisotopic (exact) mass is 263 g/mol. The fourth-order valence-electron chi connectivity index (χ4n) is 1.33. The van der Waals surface area contributed by atoms with Crippen LogP contribution in [0, 0.1) is 13.8 Å². The highest BCUT2D eigenvalue weighted by molar-refractivity contribution is 7.15. The van der Waals surface area contributed by atoms with Gasteiger partial charge in [0.1, 0.15) is 5.69 Å². The Morgan fingerprint density at radius 2 is 2.22 bits per heavy atom. The number of aromatic nitrogens is 2. The van der Waals surface area contributed by atoms with Crippen LogP contribution in [-0.2, 0) is 0 Å². The van der Waals surface area contributed by atoms with Gasteiger partial charge in [0.2, 0.25) is 0 Å². The summed E-state index contributed by atoms with van der Waals surface area (Å²) in [6, 6.07) is 3.25. The number of hydrogen-bond acceptors (Lipinski definition) is 6. The molecule has 0 atom stereocenters. The Bertz CT molecular complexity index is 561. The highest BCUT2D eigenvalue weighted by Gasteiger charge is 2.11. The van der Waals surface area contributed by atoms with Crippen LogP contribution >= 0.6 is 11.3 Å². The molecule has 2 rings (SSSR count). The molecule has 0 aliphatic heterocycles. The van der Waals surface area contributed by atoms with Crippen LogP contribution < -0.4 is 16.6 Å². The molecule has 0 saturated heterocycles. The van der Waals surface area contributed by atoms with Gasteiger partial charge in [0.15, 0.2) is 5.13 Å². The zero-order chi connectivity index (χ0) is 13.1. The number of carbonyl (C=O) groups excluding carboxylic acids is 1. The number of nitrogens with one attached hydrogen (secondary N) is 2. The first-order valence-corrected chi connectivity index (χ1v) is 6.10. The van der Waals surface area contributed by atoms with Gasteiger partial charge in [-0.2, -0.15) is 0 Å². The summed E-state index contributed by atoms with van der Waals surface area (Å²) in [5.74, 6) is 4.97. The van der Waals surface area contributed by atoms with Gasteiger partial charge in [-0.15, -0.1) is 11.3 Å². The zero-order valence-electron chi connectivity index (χ0n) is 10.0. The molecular weight excluding hydrogens is 250 g/mol. The first-order chi connectivity index (χ1) is 8.60. The molecule has 1 amide bonds. The highest BCUT2D eigenvalue weighted by Crippen LogP contribution is 2.21. The predicted octanol–water partition coefficient (Wildman–Crippen LogP) is 1.69. The molecule has 0 radical (unpaired) electrons. The van der Waals surface area contributed by atoms with E-state index >= 15 is 0 Å². The number of amides is 1. The molecule has 2 heterocycles. The van der Waals surface area contributed by atoms with Crippen molar-refractivity contribution < 1.29 is 4.79 Å². The summed E-state index contributed by atoms with van der Waals surface area (Å²) in [5.41, 5.74) is 4.30. The lowest BCUT2D eigenvalue weighted by atomic mass is 10.3. The standard InChI is InChI=1S/C11H13N5OS/c1-6-7(2)18-11(14-6)15-10(17)9-5-8(16-12)3-4-13-9/h3-5H,12H2,1-2H3,(H,13,16)(H,14,15,17). The molecule has 4 N–H and O–H groups in total. The maximum absolute atomic E-state index is 11.9. The smallest absolute Gasteiger partial charge is 0.276 e. The van der Waals surface area contributed by atoms with E-state index in [0.29, 0.717) is 10.8 Å². The van der Waals surface area contributed by atoms with Crippen LogP contribution in [0.25, 0.3) is 0 Å². The van der Waals surface area contributed by atoms with Crippen LogP contribution in [0.15, 0.2) is 18.3 Å². The topological polar surface area (TPSA) is 92.9 Å². The molecule has 0 bridgehead atoms. The van der Waals surface area contributed by atoms with E-state index in [0.717, 1.165) is 10.6 Å². The first kappa shape index (κ1) is 12.5. The Labute approximate surface area is 108 Å². The minimum absolute atomic E-state index is 0.288. The third kappa shape index (κ3) is 2.63. The fraction of sp³-hybridized carbons (Fsp3) is 0.182. The van der Waals surface area contributed by atoms with Crippen molar-refractivity contribution in [3.05, 3.63) is 34.6 Å². The molecular formula is C11H13N5OS. The number of nitrogens with zero attached hydrogens (tertiary/aromatic N) is 2. The SMILES string of the molecule is Cc1nc(NC(=O)c2cc(NN)ccn2)sc1C. The number of nitrogens with two attached hydrogens (primary N) is 1. The van der Waals surface area contributed by atoms with E-state index in [2.05, 4.69) is 20.7 Å². The van der Waals surface area contributed by atoms with Gasteiger partial charge in [-0.25, -0.2) is 4.98 Å². The number of thiazole rings is 1. The average molecular weight is 263 g/mol. The molecule has 0 aliphatic carbocycles. The van der Waals surface area contributed by atoms with E-state index in [1.807, 2.05) is 13.8 Å². The second-order valence-electron chi connectivity index (χ2n) is 3.69. The summed E-state index contributed by atoms with van der Waals surface area (Å²) in [5, 5.41) is 3.28. The van der Waals surface area contributed by atoms with Crippen molar-refractivity contribution in [2.75, 3.05) is 10.7 Å². The molecule has 7 heteroatoms. The molecule has 0 saturated carbocycles. The van der Waals surface area contributed by atoms with Crippen molar-refractivity contribution in [3.63, 3.8) is 0 Å². The van der Waals surface area contributed by atoms with Gasteiger partial charge in [-0.3, -0.25) is 20.9 Å². The lowest BCUT2D eigenvalue weighted by Gasteiger charge is -2.03. The van der Waals surface area contributed by atoms with Crippen LogP contribution in [0.1, 0.15) is 21.1 Å². The van der Waals surface area contributed by atoms with Crippen LogP contribution in [-0.4, -0.2) is 15.9 Å². The molecule has 0 fully saturated rings. The maximum atomic E-state index is 11.9. The van der Waals surface area contributed by atoms with Crippen molar-refractivity contribution in [1.29, 1.82) is 0 Å². The van der Waals surface area contributed by atoms with Gasteiger partial charge >= 0.3 is 0 Å². The number of aryl methyl sites for hydroxylation is 2. The Morgan fingerprint density at radius 3 is 2.83 bits per heavy atom. The van der Waals surface area contributed by atoms with E-state index < -0.39 is 0 Å². The first-order valence-electron chi connectivity index (χ1n) is 5.28. The van der Waals surface area contributed by atoms with Crippen LogP contribution in [0.2, 0.25) is 0 Å². The second-order valence-corrected chi connectivity index (χ2v) is 4.89. The van der Waals surface area contributed by atoms with Crippen molar-refractivity contribution in [1.82, 2.24) is 9.97 Å². The summed E-state index contributed by atoms with van der Waals surface area (Å²) in [6.45, 7) is 3.86. The molecule has 0 aliphatic rings. The summed E-state index contributed by atoms with van der Waals surface area (Å²) >= 11 is 1.44. The van der Waals surface area contributed by atoms with Gasteiger partial charge in [-0.1, -0.05) is 0 Å². The molecule has 94 valence electrons. The minimum atomic E-state index is -0.305. The second kappa shape index (κ2) is 5.11. The maximum Gasteiger partial charge on any atom is 0.276 e. The Balaban J connectivity index is 2.16. The fourth-order valence-corrected chi connectivity index (χ4v) is 2.14. The number of anilines is 2. The minimum Gasteiger partial charge on any atom is -0.324 e. The Morgan fingerprint density at radius 1 is 1.44 bits per heavy atom. The predicted molar refractivity (Wildman–Crippen MR) is 71.6 cm³/mol. The third-order valence-corrected chi connectivity index (χ3v) is 3.40. The zero-order valence-corrected chi connectivity index (χ0v) is 10.8. The van der Waals surface area contributed by atoms with Gasteiger partial charge in [0, 0.05) is 11.1 Å². The number of carbonyl (C=O) groups is 1. The van der Waals surface area contributed by atoms with Gasteiger partial charge in [0.25, 0.3) is 5.91 Å². The van der Waals surface area contributed by atoms with E-state index in [1.165, 1.54) is 17.5 Å². The molecule has 18 heavy (non-hydrogen) atoms. The third-order valence-electron chi connectivity index (χ3n) is 2.41. The van der Waals surface area contributed by atoms with Gasteiger partial charge < -0.3 is 5.43 Å². The summed E-state index contributed by atoms with van der Waals surface area (Å²) in [7, 11) is 0. The van der Waals surface area contributed by atoms with E-state index in [9.17, 15) is 4.79 Å². The average Bonchev–Trinajstić information content (AvgIpc) is 2.68. The molecule has 0 aromatic carbocycles. The Hall–Kier alpha value is -1.99. The molecule has 0 unspecified atom stereocenters. The normalized spacial score (nSPS) is 10.2. The van der Waals surface area contributed by atoms with Crippen molar-refractivity contribution in [3.8, 4) is 0 Å². The number of nitrogen functional groups attached to an aromatic ring is 1. The van der Waals surface area contributed by atoms with Crippen molar-refractivity contribution in [2.45, 2.75) is 13.8 Å². The molecule has 6 nitrogen and oxygen atoms in total. The van der Waals surface area contributed by atoms with Gasteiger partial charge in [0.05, 0.1) is 11.4 Å². The number of rotatable bonds is 3. The van der Waals surface area contributed by atoms with Crippen molar-refractivity contribution >= 4 is 28.1 Å². The summed E-state index contributed by atoms with van der Waals surface area (Å²) in [6.07, 6.45) is 1.52. The quantitative estimate of drug-likeness (QED) is 0.579. The van der Waals surface area contributed by atoms with Crippen LogP contribution in [0.3, 0.4) is 0 Å². The van der Waals surface area contributed by atoms with Crippen molar-refractivity contribution in [2.24, 2.45) is 5.84 Å². The van der Waals surface area contributed by atoms with E-state index in [-0.39, 0.29) is 11.6 Å². The lowest BCUT2D eigenvalue weighted by molar-refractivity contribution is 0.102. The highest BCUT2D eigenvalue weighted by atomic mass is 32.1. The van der Waals surface area contributed by atoms with Gasteiger partial charge in [-0.05, 0) is 26.0 Å². The lowest BCUT2D eigenvalue weighted by Crippen LogP contribution is -2.15. The summed E-state index contributed by atoms with van der Waals surface area (Å²) in [4.78, 5) is 21.2. The number of hydrazine groups is 1. The molecule has 2 aromatic rings. The van der Waals surface area contributed by atoms with Crippen LogP contribution in [0.4, 0.5) is 10.8 Å². The molecule has 2 aromatic heterocycles. The number of hydrogen-bond donors (Lipinski definition) is 3. The summed E-state index contributed by atoms with van der Waals surface area (Å²) < 4.78 is 0. The Kier molecular flexibility index (Phi) is 3.54. The number of pyridine rings is 1. The van der Waals surface area contributed by atoms with Crippen LogP contribution in [0.5, 0.6) is 0 Å².